The van der Waals surface area contributed by atoms with E-state index in [2.05, 4.69) is 24.1 Å². The van der Waals surface area contributed by atoms with Gasteiger partial charge in [0.15, 0.2) is 0 Å². The van der Waals surface area contributed by atoms with Crippen LogP contribution in [0.3, 0.4) is 0 Å². The topological polar surface area (TPSA) is 48.8 Å². The Morgan fingerprint density at radius 3 is 2.59 bits per heavy atom. The zero-order valence-electron chi connectivity index (χ0n) is 13.5. The second kappa shape index (κ2) is 8.32. The highest BCUT2D eigenvalue weighted by atomic mass is 15.0. The maximum absolute atomic E-state index is 8.45. The molecule has 0 bridgehead atoms. The van der Waals surface area contributed by atoms with Gasteiger partial charge in [-0.15, -0.1) is 0 Å². The largest absolute Gasteiger partial charge is 0.370 e. The first kappa shape index (κ1) is 16.2. The third-order valence-electron chi connectivity index (χ3n) is 3.74. The Bertz CT molecular complexity index is 602. The average molecular weight is 295 g/mol. The van der Waals surface area contributed by atoms with Crippen LogP contribution in [0.4, 0.5) is 5.82 Å². The van der Waals surface area contributed by atoms with E-state index >= 15 is 0 Å². The van der Waals surface area contributed by atoms with Crippen LogP contribution in [0.1, 0.15) is 49.3 Å². The Morgan fingerprint density at radius 2 is 1.86 bits per heavy atom. The van der Waals surface area contributed by atoms with Crippen molar-refractivity contribution in [1.29, 1.82) is 5.41 Å². The SMILES string of the molecule is CCCCCCNc1ncccc1C(=N)c1ccc(C)cc1. The van der Waals surface area contributed by atoms with Crippen molar-refractivity contribution in [2.75, 3.05) is 11.9 Å². The second-order valence-corrected chi connectivity index (χ2v) is 5.63. The van der Waals surface area contributed by atoms with Crippen LogP contribution in [-0.4, -0.2) is 17.2 Å². The Morgan fingerprint density at radius 1 is 1.09 bits per heavy atom. The van der Waals surface area contributed by atoms with E-state index < -0.39 is 0 Å². The molecule has 0 atom stereocenters. The molecule has 0 saturated heterocycles. The third kappa shape index (κ3) is 4.42. The van der Waals surface area contributed by atoms with Gasteiger partial charge >= 0.3 is 0 Å². The van der Waals surface area contributed by atoms with Gasteiger partial charge in [-0.05, 0) is 25.5 Å². The van der Waals surface area contributed by atoms with Crippen LogP contribution in [-0.2, 0) is 0 Å². The van der Waals surface area contributed by atoms with E-state index in [1.54, 1.807) is 6.20 Å². The fourth-order valence-electron chi connectivity index (χ4n) is 2.38. The Hall–Kier alpha value is -2.16. The summed E-state index contributed by atoms with van der Waals surface area (Å²) in [4.78, 5) is 4.41. The molecule has 116 valence electrons. The highest BCUT2D eigenvalue weighted by Crippen LogP contribution is 2.17. The van der Waals surface area contributed by atoms with Crippen LogP contribution in [0.5, 0.6) is 0 Å². The van der Waals surface area contributed by atoms with Crippen molar-refractivity contribution in [3.8, 4) is 0 Å². The number of unbranched alkanes of at least 4 members (excludes halogenated alkanes) is 3. The zero-order valence-corrected chi connectivity index (χ0v) is 13.5. The third-order valence-corrected chi connectivity index (χ3v) is 3.74. The molecule has 1 heterocycles. The van der Waals surface area contributed by atoms with Crippen molar-refractivity contribution in [2.45, 2.75) is 39.5 Å². The van der Waals surface area contributed by atoms with Crippen molar-refractivity contribution in [2.24, 2.45) is 0 Å². The van der Waals surface area contributed by atoms with Gasteiger partial charge in [-0.25, -0.2) is 4.98 Å². The predicted molar refractivity (Wildman–Crippen MR) is 94.0 cm³/mol. The average Bonchev–Trinajstić information content (AvgIpc) is 2.55. The molecule has 0 saturated carbocycles. The highest BCUT2D eigenvalue weighted by Gasteiger charge is 2.10. The quantitative estimate of drug-likeness (QED) is 0.543. The highest BCUT2D eigenvalue weighted by molar-refractivity contribution is 6.13. The molecule has 2 N–H and O–H groups in total. The summed E-state index contributed by atoms with van der Waals surface area (Å²) in [6, 6.07) is 11.9. The molecular weight excluding hydrogens is 270 g/mol. The standard InChI is InChI=1S/C19H25N3/c1-3-4-5-6-13-21-19-17(8-7-14-22-19)18(20)16-11-9-15(2)10-12-16/h7-12,14,20H,3-6,13H2,1-2H3,(H,21,22). The monoisotopic (exact) mass is 295 g/mol. The van der Waals surface area contributed by atoms with Crippen LogP contribution < -0.4 is 5.32 Å². The summed E-state index contributed by atoms with van der Waals surface area (Å²) >= 11 is 0. The van der Waals surface area contributed by atoms with Gasteiger partial charge < -0.3 is 5.32 Å². The Balaban J connectivity index is 2.07. The lowest BCUT2D eigenvalue weighted by atomic mass is 10.0. The molecule has 0 spiro atoms. The van der Waals surface area contributed by atoms with E-state index in [-0.39, 0.29) is 0 Å². The molecule has 3 nitrogen and oxygen atoms in total. The molecule has 2 aromatic rings. The van der Waals surface area contributed by atoms with Gasteiger partial charge in [0, 0.05) is 23.9 Å². The van der Waals surface area contributed by atoms with Crippen molar-refractivity contribution in [3.63, 3.8) is 0 Å². The summed E-state index contributed by atoms with van der Waals surface area (Å²) in [5.41, 5.74) is 3.51. The van der Waals surface area contributed by atoms with Crippen LogP contribution in [0.2, 0.25) is 0 Å². The van der Waals surface area contributed by atoms with E-state index in [4.69, 9.17) is 5.41 Å². The minimum absolute atomic E-state index is 0.518. The Labute approximate surface area is 133 Å². The van der Waals surface area contributed by atoms with E-state index in [1.807, 2.05) is 36.4 Å². The number of aromatic nitrogens is 1. The van der Waals surface area contributed by atoms with Crippen molar-refractivity contribution in [3.05, 3.63) is 59.3 Å². The van der Waals surface area contributed by atoms with Crippen LogP contribution in [0, 0.1) is 12.3 Å². The van der Waals surface area contributed by atoms with Crippen molar-refractivity contribution in [1.82, 2.24) is 4.98 Å². The van der Waals surface area contributed by atoms with Crippen molar-refractivity contribution < 1.29 is 0 Å². The van der Waals surface area contributed by atoms with Gasteiger partial charge in [-0.3, -0.25) is 5.41 Å². The lowest BCUT2D eigenvalue weighted by molar-refractivity contribution is 0.684. The number of hydrogen-bond donors (Lipinski definition) is 2. The molecule has 2 rings (SSSR count). The first-order chi connectivity index (χ1) is 10.7. The summed E-state index contributed by atoms with van der Waals surface area (Å²) < 4.78 is 0. The fraction of sp³-hybridized carbons (Fsp3) is 0.368. The molecule has 0 aliphatic heterocycles. The first-order valence-electron chi connectivity index (χ1n) is 8.07. The van der Waals surface area contributed by atoms with Gasteiger partial charge in [-0.1, -0.05) is 56.0 Å². The van der Waals surface area contributed by atoms with E-state index in [0.717, 1.165) is 29.9 Å². The number of nitrogens with one attached hydrogen (secondary N) is 2. The predicted octanol–water partition coefficient (Wildman–Crippen LogP) is 4.80. The molecule has 3 heteroatoms. The first-order valence-corrected chi connectivity index (χ1v) is 8.07. The summed E-state index contributed by atoms with van der Waals surface area (Å²) in [6.07, 6.45) is 6.67. The lowest BCUT2D eigenvalue weighted by Crippen LogP contribution is -2.10. The molecule has 0 amide bonds. The van der Waals surface area contributed by atoms with Gasteiger partial charge in [0.2, 0.25) is 0 Å². The van der Waals surface area contributed by atoms with E-state index in [9.17, 15) is 0 Å². The van der Waals surface area contributed by atoms with Crippen LogP contribution in [0.15, 0.2) is 42.6 Å². The normalized spacial score (nSPS) is 10.5. The molecule has 0 radical (unpaired) electrons. The minimum atomic E-state index is 0.518. The van der Waals surface area contributed by atoms with E-state index in [0.29, 0.717) is 5.71 Å². The van der Waals surface area contributed by atoms with Crippen molar-refractivity contribution >= 4 is 11.5 Å². The molecule has 22 heavy (non-hydrogen) atoms. The number of pyridine rings is 1. The number of anilines is 1. The number of aryl methyl sites for hydroxylation is 1. The van der Waals surface area contributed by atoms with Gasteiger partial charge in [-0.2, -0.15) is 0 Å². The summed E-state index contributed by atoms with van der Waals surface area (Å²) in [5.74, 6) is 0.810. The number of benzene rings is 1. The van der Waals surface area contributed by atoms with Crippen LogP contribution in [0.25, 0.3) is 0 Å². The molecule has 0 fully saturated rings. The number of nitrogens with zero attached hydrogens (tertiary/aromatic N) is 1. The number of hydrogen-bond acceptors (Lipinski definition) is 3. The summed E-state index contributed by atoms with van der Waals surface area (Å²) in [6.45, 7) is 5.18. The summed E-state index contributed by atoms with van der Waals surface area (Å²) in [5, 5.41) is 11.8. The van der Waals surface area contributed by atoms with Gasteiger partial charge in [0.25, 0.3) is 0 Å². The fourth-order valence-corrected chi connectivity index (χ4v) is 2.38. The number of rotatable bonds is 8. The molecule has 0 unspecified atom stereocenters. The van der Waals surface area contributed by atoms with Gasteiger partial charge in [0.05, 0.1) is 5.71 Å². The molecular formula is C19H25N3. The molecule has 1 aromatic heterocycles. The van der Waals surface area contributed by atoms with E-state index in [1.165, 1.54) is 24.8 Å². The minimum Gasteiger partial charge on any atom is -0.370 e. The van der Waals surface area contributed by atoms with Gasteiger partial charge in [0.1, 0.15) is 5.82 Å². The van der Waals surface area contributed by atoms with Crippen LogP contribution >= 0.6 is 0 Å². The zero-order chi connectivity index (χ0) is 15.8. The molecule has 0 aliphatic carbocycles. The lowest BCUT2D eigenvalue weighted by Gasteiger charge is -2.12. The second-order valence-electron chi connectivity index (χ2n) is 5.63. The Kier molecular flexibility index (Phi) is 6.13. The smallest absolute Gasteiger partial charge is 0.135 e. The molecule has 0 aliphatic rings. The molecule has 1 aromatic carbocycles. The summed E-state index contributed by atoms with van der Waals surface area (Å²) in [7, 11) is 0. The maximum atomic E-state index is 8.45. The maximum Gasteiger partial charge on any atom is 0.135 e.